The van der Waals surface area contributed by atoms with Crippen LogP contribution in [0.3, 0.4) is 0 Å². The molecule has 3 nitrogen and oxygen atoms in total. The summed E-state index contributed by atoms with van der Waals surface area (Å²) < 4.78 is 11.7. The number of fused-ring (bicyclic) bond motifs is 1. The van der Waals surface area contributed by atoms with E-state index in [1.54, 1.807) is 0 Å². The Morgan fingerprint density at radius 3 is 3.05 bits per heavy atom. The molecule has 1 aromatic rings. The molecule has 0 saturated carbocycles. The topological polar surface area (TPSA) is 30.5 Å². The number of benzene rings is 1. The van der Waals surface area contributed by atoms with Crippen molar-refractivity contribution in [1.29, 1.82) is 0 Å². The molecule has 1 aromatic carbocycles. The van der Waals surface area contributed by atoms with Gasteiger partial charge in [-0.05, 0) is 38.3 Å². The van der Waals surface area contributed by atoms with Crippen LogP contribution in [0.25, 0.3) is 0 Å². The van der Waals surface area contributed by atoms with Crippen LogP contribution in [0.1, 0.15) is 42.9 Å². The summed E-state index contributed by atoms with van der Waals surface area (Å²) in [5.41, 5.74) is 2.65. The summed E-state index contributed by atoms with van der Waals surface area (Å²) in [6, 6.07) is 6.84. The Morgan fingerprint density at radius 2 is 2.26 bits per heavy atom. The quantitative estimate of drug-likeness (QED) is 0.904. The maximum atomic E-state index is 5.87. The molecule has 1 saturated heterocycles. The van der Waals surface area contributed by atoms with E-state index in [0.717, 1.165) is 31.8 Å². The summed E-state index contributed by atoms with van der Waals surface area (Å²) in [4.78, 5) is 0. The summed E-state index contributed by atoms with van der Waals surface area (Å²) in [6.45, 7) is 1.74. The van der Waals surface area contributed by atoms with E-state index in [9.17, 15) is 0 Å². The Kier molecular flexibility index (Phi) is 4.04. The summed E-state index contributed by atoms with van der Waals surface area (Å²) in [5.74, 6) is 1.11. The molecule has 3 heteroatoms. The zero-order valence-corrected chi connectivity index (χ0v) is 11.7. The van der Waals surface area contributed by atoms with Gasteiger partial charge in [0.15, 0.2) is 0 Å². The predicted molar refractivity (Wildman–Crippen MR) is 75.6 cm³/mol. The lowest BCUT2D eigenvalue weighted by Gasteiger charge is -2.27. The number of hydrogen-bond acceptors (Lipinski definition) is 3. The first-order valence-corrected chi connectivity index (χ1v) is 7.42. The average molecular weight is 261 g/mol. The molecule has 2 unspecified atom stereocenters. The summed E-state index contributed by atoms with van der Waals surface area (Å²) in [7, 11) is 2.03. The van der Waals surface area contributed by atoms with Crippen molar-refractivity contribution in [3.63, 3.8) is 0 Å². The molecule has 19 heavy (non-hydrogen) atoms. The van der Waals surface area contributed by atoms with Crippen LogP contribution in [-0.2, 0) is 11.2 Å². The zero-order valence-electron chi connectivity index (χ0n) is 11.7. The molecule has 104 valence electrons. The Balaban J connectivity index is 1.76. The van der Waals surface area contributed by atoms with Gasteiger partial charge in [-0.2, -0.15) is 0 Å². The molecular formula is C16H23NO2. The van der Waals surface area contributed by atoms with Gasteiger partial charge >= 0.3 is 0 Å². The van der Waals surface area contributed by atoms with Crippen molar-refractivity contribution in [2.45, 2.75) is 44.2 Å². The number of nitrogens with one attached hydrogen (secondary N) is 1. The van der Waals surface area contributed by atoms with Gasteiger partial charge in [0.2, 0.25) is 0 Å². The van der Waals surface area contributed by atoms with Crippen molar-refractivity contribution in [2.24, 2.45) is 0 Å². The van der Waals surface area contributed by atoms with E-state index in [2.05, 4.69) is 23.5 Å². The molecule has 2 aliphatic heterocycles. The van der Waals surface area contributed by atoms with Crippen LogP contribution in [0, 0.1) is 0 Å². The lowest BCUT2D eigenvalue weighted by molar-refractivity contribution is 0.00536. The zero-order chi connectivity index (χ0) is 13.1. The van der Waals surface area contributed by atoms with Crippen molar-refractivity contribution < 1.29 is 9.47 Å². The van der Waals surface area contributed by atoms with Crippen LogP contribution in [0.15, 0.2) is 18.2 Å². The highest BCUT2D eigenvalue weighted by Crippen LogP contribution is 2.36. The number of rotatable bonds is 4. The lowest BCUT2D eigenvalue weighted by atomic mass is 9.94. The lowest BCUT2D eigenvalue weighted by Crippen LogP contribution is -2.27. The first-order chi connectivity index (χ1) is 9.38. The van der Waals surface area contributed by atoms with Crippen molar-refractivity contribution >= 4 is 0 Å². The van der Waals surface area contributed by atoms with E-state index in [4.69, 9.17) is 9.47 Å². The molecule has 0 bridgehead atoms. The number of ether oxygens (including phenoxy) is 2. The fourth-order valence-electron chi connectivity index (χ4n) is 3.17. The molecule has 1 fully saturated rings. The molecule has 0 aliphatic carbocycles. The molecule has 2 atom stereocenters. The van der Waals surface area contributed by atoms with Crippen molar-refractivity contribution in [2.75, 3.05) is 20.3 Å². The standard InChI is InChI=1S/C16H23NO2/c1-17-15(11-13-6-2-3-9-18-13)14-7-4-5-12-8-10-19-16(12)14/h4-5,7,13,15,17H,2-3,6,8-11H2,1H3. The van der Waals surface area contributed by atoms with Crippen LogP contribution in [0.5, 0.6) is 5.75 Å². The summed E-state index contributed by atoms with van der Waals surface area (Å²) >= 11 is 0. The van der Waals surface area contributed by atoms with E-state index >= 15 is 0 Å². The minimum Gasteiger partial charge on any atom is -0.493 e. The second kappa shape index (κ2) is 5.93. The van der Waals surface area contributed by atoms with Crippen LogP contribution in [-0.4, -0.2) is 26.4 Å². The van der Waals surface area contributed by atoms with E-state index < -0.39 is 0 Å². The van der Waals surface area contributed by atoms with Crippen LogP contribution in [0.4, 0.5) is 0 Å². The van der Waals surface area contributed by atoms with E-state index in [1.807, 2.05) is 7.05 Å². The Bertz CT molecular complexity index is 427. The van der Waals surface area contributed by atoms with E-state index in [-0.39, 0.29) is 0 Å². The van der Waals surface area contributed by atoms with Gasteiger partial charge in [-0.1, -0.05) is 18.2 Å². The van der Waals surface area contributed by atoms with Crippen LogP contribution in [0.2, 0.25) is 0 Å². The van der Waals surface area contributed by atoms with Crippen molar-refractivity contribution in [1.82, 2.24) is 5.32 Å². The van der Waals surface area contributed by atoms with Gasteiger partial charge in [-0.15, -0.1) is 0 Å². The molecule has 3 rings (SSSR count). The predicted octanol–water partition coefficient (Wildman–Crippen LogP) is 2.84. The average Bonchev–Trinajstić information content (AvgIpc) is 2.94. The third-order valence-corrected chi connectivity index (χ3v) is 4.24. The van der Waals surface area contributed by atoms with Gasteiger partial charge in [-0.3, -0.25) is 0 Å². The number of para-hydroxylation sites is 1. The monoisotopic (exact) mass is 261 g/mol. The van der Waals surface area contributed by atoms with Gasteiger partial charge in [-0.25, -0.2) is 0 Å². The smallest absolute Gasteiger partial charge is 0.127 e. The Morgan fingerprint density at radius 1 is 1.32 bits per heavy atom. The third kappa shape index (κ3) is 2.77. The fraction of sp³-hybridized carbons (Fsp3) is 0.625. The SMILES string of the molecule is CNC(CC1CCCCO1)c1cccc2c1OCC2. The normalized spacial score (nSPS) is 23.7. The van der Waals surface area contributed by atoms with Crippen molar-refractivity contribution in [3.05, 3.63) is 29.3 Å². The number of hydrogen-bond donors (Lipinski definition) is 1. The second-order valence-corrected chi connectivity index (χ2v) is 5.50. The molecule has 1 N–H and O–H groups in total. The molecule has 0 amide bonds. The highest BCUT2D eigenvalue weighted by atomic mass is 16.5. The van der Waals surface area contributed by atoms with Gasteiger partial charge in [0.05, 0.1) is 12.7 Å². The Hall–Kier alpha value is -1.06. The minimum absolute atomic E-state index is 0.330. The van der Waals surface area contributed by atoms with Crippen molar-refractivity contribution in [3.8, 4) is 5.75 Å². The van der Waals surface area contributed by atoms with Gasteiger partial charge in [0.1, 0.15) is 5.75 Å². The highest BCUT2D eigenvalue weighted by molar-refractivity contribution is 5.45. The molecule has 0 aromatic heterocycles. The Labute approximate surface area is 115 Å². The van der Waals surface area contributed by atoms with Gasteiger partial charge < -0.3 is 14.8 Å². The maximum Gasteiger partial charge on any atom is 0.127 e. The molecule has 2 aliphatic rings. The van der Waals surface area contributed by atoms with E-state index in [1.165, 1.54) is 30.4 Å². The molecule has 2 heterocycles. The maximum absolute atomic E-state index is 5.87. The van der Waals surface area contributed by atoms with E-state index in [0.29, 0.717) is 12.1 Å². The molecular weight excluding hydrogens is 238 g/mol. The highest BCUT2D eigenvalue weighted by Gasteiger charge is 2.25. The van der Waals surface area contributed by atoms with Gasteiger partial charge in [0.25, 0.3) is 0 Å². The third-order valence-electron chi connectivity index (χ3n) is 4.24. The van der Waals surface area contributed by atoms with Crippen LogP contribution < -0.4 is 10.1 Å². The summed E-state index contributed by atoms with van der Waals surface area (Å²) in [5, 5.41) is 3.44. The summed E-state index contributed by atoms with van der Waals surface area (Å²) in [6.07, 6.45) is 6.17. The van der Waals surface area contributed by atoms with Gasteiger partial charge in [0, 0.05) is 24.6 Å². The first kappa shape index (κ1) is 12.9. The fourth-order valence-corrected chi connectivity index (χ4v) is 3.17. The van der Waals surface area contributed by atoms with Crippen LogP contribution >= 0.6 is 0 Å². The minimum atomic E-state index is 0.330. The largest absolute Gasteiger partial charge is 0.493 e. The first-order valence-electron chi connectivity index (χ1n) is 7.42. The molecule has 0 radical (unpaired) electrons. The molecule has 0 spiro atoms. The second-order valence-electron chi connectivity index (χ2n) is 5.50.